The maximum absolute atomic E-state index is 8.83. The summed E-state index contributed by atoms with van der Waals surface area (Å²) in [4.78, 5) is 2.46. The predicted molar refractivity (Wildman–Crippen MR) is 60.2 cm³/mol. The zero-order valence-corrected chi connectivity index (χ0v) is 9.33. The van der Waals surface area contributed by atoms with Gasteiger partial charge in [-0.3, -0.25) is 4.90 Å². The summed E-state index contributed by atoms with van der Waals surface area (Å²) in [5.74, 6) is 0. The molecule has 1 aromatic rings. The van der Waals surface area contributed by atoms with Crippen molar-refractivity contribution >= 4 is 0 Å². The molecule has 0 bridgehead atoms. The van der Waals surface area contributed by atoms with Crippen LogP contribution >= 0.6 is 0 Å². The third kappa shape index (κ3) is 1.88. The van der Waals surface area contributed by atoms with E-state index in [1.54, 1.807) is 0 Å². The van der Waals surface area contributed by atoms with Gasteiger partial charge in [0.15, 0.2) is 0 Å². The summed E-state index contributed by atoms with van der Waals surface area (Å²) in [6, 6.07) is 8.86. The van der Waals surface area contributed by atoms with Crippen molar-refractivity contribution in [2.45, 2.75) is 39.4 Å². The van der Waals surface area contributed by atoms with Gasteiger partial charge in [0.1, 0.15) is 0 Å². The predicted octanol–water partition coefficient (Wildman–Crippen LogP) is 2.67. The van der Waals surface area contributed by atoms with Crippen LogP contribution in [0.2, 0.25) is 0 Å². The van der Waals surface area contributed by atoms with Gasteiger partial charge in [-0.15, -0.1) is 0 Å². The number of hydrogen-bond acceptors (Lipinski definition) is 2. The van der Waals surface area contributed by atoms with E-state index >= 15 is 0 Å². The minimum Gasteiger partial charge on any atom is -0.292 e. The molecule has 2 heteroatoms. The first-order valence-corrected chi connectivity index (χ1v) is 5.50. The monoisotopic (exact) mass is 200 g/mol. The van der Waals surface area contributed by atoms with Gasteiger partial charge in [0, 0.05) is 19.1 Å². The second kappa shape index (κ2) is 4.04. The lowest BCUT2D eigenvalue weighted by Gasteiger charge is -2.21. The molecule has 1 aliphatic rings. The Morgan fingerprint density at radius 1 is 1.40 bits per heavy atom. The van der Waals surface area contributed by atoms with Gasteiger partial charge >= 0.3 is 0 Å². The molecule has 1 aliphatic heterocycles. The quantitative estimate of drug-likeness (QED) is 0.734. The molecule has 0 fully saturated rings. The van der Waals surface area contributed by atoms with E-state index < -0.39 is 0 Å². The molecule has 0 aromatic heterocycles. The number of nitriles is 1. The minimum atomic E-state index is 0.628. The summed E-state index contributed by atoms with van der Waals surface area (Å²) in [7, 11) is 0. The Morgan fingerprint density at radius 2 is 2.13 bits per heavy atom. The van der Waals surface area contributed by atoms with Crippen LogP contribution in [0.3, 0.4) is 0 Å². The van der Waals surface area contributed by atoms with E-state index in [1.165, 1.54) is 17.5 Å². The fourth-order valence-electron chi connectivity index (χ4n) is 2.06. The van der Waals surface area contributed by atoms with E-state index in [2.05, 4.69) is 30.9 Å². The molecule has 0 saturated carbocycles. The van der Waals surface area contributed by atoms with Gasteiger partial charge in [-0.2, -0.15) is 5.26 Å². The second-order valence-electron chi connectivity index (χ2n) is 4.26. The fraction of sp³-hybridized carbons (Fsp3) is 0.462. The summed E-state index contributed by atoms with van der Waals surface area (Å²) < 4.78 is 0. The van der Waals surface area contributed by atoms with Crippen LogP contribution in [0.4, 0.5) is 0 Å². The fourth-order valence-corrected chi connectivity index (χ4v) is 2.06. The summed E-state index contributed by atoms with van der Waals surface area (Å²) >= 11 is 0. The van der Waals surface area contributed by atoms with Crippen LogP contribution < -0.4 is 0 Å². The summed E-state index contributed by atoms with van der Waals surface area (Å²) in [6.07, 6.45) is 1.18. The molecular formula is C13H16N2. The molecule has 0 saturated heterocycles. The Morgan fingerprint density at radius 3 is 2.80 bits per heavy atom. The van der Waals surface area contributed by atoms with Gasteiger partial charge in [0.25, 0.3) is 0 Å². The molecule has 0 radical (unpaired) electrons. The smallest absolute Gasteiger partial charge is 0.0991 e. The summed E-state index contributed by atoms with van der Waals surface area (Å²) in [6.45, 7) is 6.52. The van der Waals surface area contributed by atoms with Gasteiger partial charge in [-0.1, -0.05) is 13.0 Å². The highest BCUT2D eigenvalue weighted by Crippen LogP contribution is 2.25. The van der Waals surface area contributed by atoms with Crippen molar-refractivity contribution in [2.24, 2.45) is 0 Å². The van der Waals surface area contributed by atoms with Crippen molar-refractivity contribution in [3.8, 4) is 6.07 Å². The summed E-state index contributed by atoms with van der Waals surface area (Å²) in [5, 5.41) is 8.83. The highest BCUT2D eigenvalue weighted by molar-refractivity contribution is 5.40. The maximum atomic E-state index is 8.83. The first-order chi connectivity index (χ1) is 7.24. The molecule has 1 heterocycles. The molecule has 0 spiro atoms. The lowest BCUT2D eigenvalue weighted by atomic mass is 10.1. The molecule has 78 valence electrons. The van der Waals surface area contributed by atoms with E-state index in [0.717, 1.165) is 18.7 Å². The van der Waals surface area contributed by atoms with E-state index in [1.807, 2.05) is 12.1 Å². The third-order valence-corrected chi connectivity index (χ3v) is 3.30. The Hall–Kier alpha value is -1.33. The van der Waals surface area contributed by atoms with Gasteiger partial charge < -0.3 is 0 Å². The van der Waals surface area contributed by atoms with Gasteiger partial charge in [0.2, 0.25) is 0 Å². The van der Waals surface area contributed by atoms with E-state index in [0.29, 0.717) is 6.04 Å². The lowest BCUT2D eigenvalue weighted by molar-refractivity contribution is 0.208. The standard InChI is InChI=1S/C13H16N2/c1-3-10(2)15-8-12-5-4-11(7-14)6-13(12)9-15/h4-6,10H,3,8-9H2,1-2H3. The number of benzene rings is 1. The van der Waals surface area contributed by atoms with Gasteiger partial charge in [-0.05, 0) is 36.6 Å². The van der Waals surface area contributed by atoms with Crippen LogP contribution in [-0.2, 0) is 13.1 Å². The van der Waals surface area contributed by atoms with Crippen molar-refractivity contribution in [1.82, 2.24) is 4.90 Å². The van der Waals surface area contributed by atoms with E-state index in [9.17, 15) is 0 Å². The number of nitrogens with zero attached hydrogens (tertiary/aromatic N) is 2. The highest BCUT2D eigenvalue weighted by atomic mass is 15.2. The van der Waals surface area contributed by atoms with E-state index in [-0.39, 0.29) is 0 Å². The zero-order valence-electron chi connectivity index (χ0n) is 9.33. The van der Waals surface area contributed by atoms with Crippen molar-refractivity contribution in [3.63, 3.8) is 0 Å². The van der Waals surface area contributed by atoms with Gasteiger partial charge in [-0.25, -0.2) is 0 Å². The molecule has 1 unspecified atom stereocenters. The second-order valence-corrected chi connectivity index (χ2v) is 4.26. The molecule has 0 amide bonds. The van der Waals surface area contributed by atoms with Crippen molar-refractivity contribution < 1.29 is 0 Å². The highest BCUT2D eigenvalue weighted by Gasteiger charge is 2.22. The Balaban J connectivity index is 2.21. The van der Waals surface area contributed by atoms with Crippen molar-refractivity contribution in [2.75, 3.05) is 0 Å². The van der Waals surface area contributed by atoms with Crippen molar-refractivity contribution in [1.29, 1.82) is 5.26 Å². The van der Waals surface area contributed by atoms with Crippen molar-refractivity contribution in [3.05, 3.63) is 34.9 Å². The van der Waals surface area contributed by atoms with E-state index in [4.69, 9.17) is 5.26 Å². The number of rotatable bonds is 2. The van der Waals surface area contributed by atoms with Crippen LogP contribution in [-0.4, -0.2) is 10.9 Å². The van der Waals surface area contributed by atoms with Crippen LogP contribution in [0, 0.1) is 11.3 Å². The van der Waals surface area contributed by atoms with Crippen LogP contribution in [0.15, 0.2) is 18.2 Å². The Bertz CT molecular complexity index is 403. The summed E-state index contributed by atoms with van der Waals surface area (Å²) in [5.41, 5.74) is 3.49. The van der Waals surface area contributed by atoms with Crippen LogP contribution in [0.25, 0.3) is 0 Å². The molecular weight excluding hydrogens is 184 g/mol. The third-order valence-electron chi connectivity index (χ3n) is 3.30. The Kier molecular flexibility index (Phi) is 2.75. The van der Waals surface area contributed by atoms with Crippen LogP contribution in [0.1, 0.15) is 37.0 Å². The zero-order chi connectivity index (χ0) is 10.8. The minimum absolute atomic E-state index is 0.628. The topological polar surface area (TPSA) is 27.0 Å². The molecule has 1 atom stereocenters. The number of fused-ring (bicyclic) bond motifs is 1. The van der Waals surface area contributed by atoms with Crippen LogP contribution in [0.5, 0.6) is 0 Å². The van der Waals surface area contributed by atoms with Gasteiger partial charge in [0.05, 0.1) is 11.6 Å². The normalized spacial score (nSPS) is 17.1. The first kappa shape index (κ1) is 10.2. The number of hydrogen-bond donors (Lipinski definition) is 0. The molecule has 2 nitrogen and oxygen atoms in total. The first-order valence-electron chi connectivity index (χ1n) is 5.50. The Labute approximate surface area is 91.1 Å². The molecule has 0 N–H and O–H groups in total. The average Bonchev–Trinajstić information content (AvgIpc) is 2.70. The SMILES string of the molecule is CCC(C)N1Cc2ccc(C#N)cc2C1. The molecule has 0 aliphatic carbocycles. The lowest BCUT2D eigenvalue weighted by Crippen LogP contribution is -2.26. The molecule has 1 aromatic carbocycles. The largest absolute Gasteiger partial charge is 0.292 e. The average molecular weight is 200 g/mol. The maximum Gasteiger partial charge on any atom is 0.0991 e. The molecule has 15 heavy (non-hydrogen) atoms. The molecule has 2 rings (SSSR count).